The molecule has 0 unspecified atom stereocenters. The number of carbonyl (C=O) groups excluding carboxylic acids is 2. The lowest BCUT2D eigenvalue weighted by Crippen LogP contribution is -2.37. The van der Waals surface area contributed by atoms with Crippen molar-refractivity contribution in [2.45, 2.75) is 20.0 Å². The fourth-order valence-corrected chi connectivity index (χ4v) is 1.98. The van der Waals surface area contributed by atoms with E-state index in [1.54, 1.807) is 6.92 Å². The lowest BCUT2D eigenvalue weighted by Gasteiger charge is -2.12. The van der Waals surface area contributed by atoms with Crippen LogP contribution in [0.25, 0.3) is 11.5 Å². The van der Waals surface area contributed by atoms with Crippen LogP contribution in [0.4, 0.5) is 0 Å². The second kappa shape index (κ2) is 8.26. The van der Waals surface area contributed by atoms with Crippen LogP contribution in [0.1, 0.15) is 23.2 Å². The standard InChI is InChI=1S/C17H20N2O5/c1-11-14(19-16(23-11)13-7-5-4-6-8-13)17(21)24-12(2)15(20)18-9-10-22-3/h4-8,12H,9-10H2,1-3H3,(H,18,20)/t12-/m0/s1. The minimum Gasteiger partial charge on any atom is -0.448 e. The van der Waals surface area contributed by atoms with Crippen molar-refractivity contribution < 1.29 is 23.5 Å². The van der Waals surface area contributed by atoms with Crippen LogP contribution in [0.15, 0.2) is 34.7 Å². The number of oxazole rings is 1. The van der Waals surface area contributed by atoms with Crippen LogP contribution >= 0.6 is 0 Å². The van der Waals surface area contributed by atoms with E-state index in [2.05, 4.69) is 10.3 Å². The van der Waals surface area contributed by atoms with Crippen LogP contribution < -0.4 is 5.32 Å². The van der Waals surface area contributed by atoms with E-state index in [1.807, 2.05) is 30.3 Å². The van der Waals surface area contributed by atoms with Gasteiger partial charge in [-0.05, 0) is 26.0 Å². The first-order valence-corrected chi connectivity index (χ1v) is 7.53. The Labute approximate surface area is 140 Å². The van der Waals surface area contributed by atoms with E-state index in [9.17, 15) is 9.59 Å². The van der Waals surface area contributed by atoms with Gasteiger partial charge in [-0.25, -0.2) is 9.78 Å². The number of amides is 1. The minimum absolute atomic E-state index is 0.0606. The summed E-state index contributed by atoms with van der Waals surface area (Å²) in [4.78, 5) is 28.2. The van der Waals surface area contributed by atoms with Crippen molar-refractivity contribution >= 4 is 11.9 Å². The number of aryl methyl sites for hydroxylation is 1. The van der Waals surface area contributed by atoms with Gasteiger partial charge in [0.05, 0.1) is 6.61 Å². The van der Waals surface area contributed by atoms with E-state index < -0.39 is 18.0 Å². The maximum absolute atomic E-state index is 12.2. The van der Waals surface area contributed by atoms with Gasteiger partial charge in [0, 0.05) is 19.2 Å². The number of nitrogens with zero attached hydrogens (tertiary/aromatic N) is 1. The monoisotopic (exact) mass is 332 g/mol. The van der Waals surface area contributed by atoms with Crippen molar-refractivity contribution in [1.29, 1.82) is 0 Å². The molecule has 0 aliphatic heterocycles. The van der Waals surface area contributed by atoms with Crippen LogP contribution in [0.3, 0.4) is 0 Å². The van der Waals surface area contributed by atoms with Crippen molar-refractivity contribution in [3.63, 3.8) is 0 Å². The molecule has 0 radical (unpaired) electrons. The normalized spacial score (nSPS) is 11.8. The summed E-state index contributed by atoms with van der Waals surface area (Å²) in [5, 5.41) is 2.60. The molecular weight excluding hydrogens is 312 g/mol. The highest BCUT2D eigenvalue weighted by molar-refractivity contribution is 5.91. The van der Waals surface area contributed by atoms with Crippen molar-refractivity contribution in [3.8, 4) is 11.5 Å². The van der Waals surface area contributed by atoms with Crippen molar-refractivity contribution in [1.82, 2.24) is 10.3 Å². The zero-order chi connectivity index (χ0) is 17.5. The molecule has 1 heterocycles. The van der Waals surface area contributed by atoms with E-state index >= 15 is 0 Å². The zero-order valence-electron chi connectivity index (χ0n) is 13.9. The molecule has 0 saturated heterocycles. The van der Waals surface area contributed by atoms with E-state index in [4.69, 9.17) is 13.9 Å². The Hall–Kier alpha value is -2.67. The molecule has 0 bridgehead atoms. The average Bonchev–Trinajstić information content (AvgIpc) is 2.97. The van der Waals surface area contributed by atoms with Crippen LogP contribution in [-0.2, 0) is 14.3 Å². The van der Waals surface area contributed by atoms with Gasteiger partial charge in [-0.15, -0.1) is 0 Å². The Morgan fingerprint density at radius 2 is 2.00 bits per heavy atom. The second-order valence-corrected chi connectivity index (χ2v) is 5.12. The van der Waals surface area contributed by atoms with Gasteiger partial charge < -0.3 is 19.2 Å². The largest absolute Gasteiger partial charge is 0.448 e. The molecule has 1 amide bonds. The van der Waals surface area contributed by atoms with Crippen molar-refractivity contribution in [2.24, 2.45) is 0 Å². The first-order chi connectivity index (χ1) is 11.5. The summed E-state index contributed by atoms with van der Waals surface area (Å²) in [6, 6.07) is 9.22. The highest BCUT2D eigenvalue weighted by Gasteiger charge is 2.24. The second-order valence-electron chi connectivity index (χ2n) is 5.12. The SMILES string of the molecule is COCCNC(=O)[C@H](C)OC(=O)c1nc(-c2ccccc2)oc1C. The van der Waals surface area contributed by atoms with Gasteiger partial charge in [0.2, 0.25) is 5.89 Å². The molecule has 24 heavy (non-hydrogen) atoms. The number of nitrogens with one attached hydrogen (secondary N) is 1. The minimum atomic E-state index is -0.939. The van der Waals surface area contributed by atoms with Gasteiger partial charge in [-0.1, -0.05) is 18.2 Å². The molecule has 7 heteroatoms. The first kappa shape index (κ1) is 17.7. The number of aromatic nitrogens is 1. The average molecular weight is 332 g/mol. The zero-order valence-corrected chi connectivity index (χ0v) is 13.9. The topological polar surface area (TPSA) is 90.7 Å². The maximum atomic E-state index is 12.2. The van der Waals surface area contributed by atoms with E-state index in [1.165, 1.54) is 14.0 Å². The van der Waals surface area contributed by atoms with E-state index in [0.29, 0.717) is 24.8 Å². The quantitative estimate of drug-likeness (QED) is 0.616. The Morgan fingerprint density at radius 3 is 2.67 bits per heavy atom. The van der Waals surface area contributed by atoms with Gasteiger partial charge in [-0.2, -0.15) is 0 Å². The van der Waals surface area contributed by atoms with Gasteiger partial charge in [0.25, 0.3) is 5.91 Å². The highest BCUT2D eigenvalue weighted by Crippen LogP contribution is 2.22. The predicted octanol–water partition coefficient (Wildman–Crippen LogP) is 1.96. The number of ether oxygens (including phenoxy) is 2. The maximum Gasteiger partial charge on any atom is 0.361 e. The number of esters is 1. The Kier molecular flexibility index (Phi) is 6.08. The van der Waals surface area contributed by atoms with Gasteiger partial charge in [0.15, 0.2) is 11.8 Å². The summed E-state index contributed by atoms with van der Waals surface area (Å²) >= 11 is 0. The van der Waals surface area contributed by atoms with Crippen LogP contribution in [0.2, 0.25) is 0 Å². The third-order valence-electron chi connectivity index (χ3n) is 3.27. The molecule has 1 N–H and O–H groups in total. The summed E-state index contributed by atoms with van der Waals surface area (Å²) in [5.41, 5.74) is 0.815. The fourth-order valence-electron chi connectivity index (χ4n) is 1.98. The Morgan fingerprint density at radius 1 is 1.29 bits per heavy atom. The summed E-state index contributed by atoms with van der Waals surface area (Å²) in [7, 11) is 1.54. The molecule has 128 valence electrons. The number of hydrogen-bond acceptors (Lipinski definition) is 6. The fraction of sp³-hybridized carbons (Fsp3) is 0.353. The summed E-state index contributed by atoms with van der Waals surface area (Å²) in [5.74, 6) is -0.430. The number of hydrogen-bond donors (Lipinski definition) is 1. The summed E-state index contributed by atoms with van der Waals surface area (Å²) < 4.78 is 15.5. The third-order valence-corrected chi connectivity index (χ3v) is 3.27. The summed E-state index contributed by atoms with van der Waals surface area (Å²) in [6.45, 7) is 3.85. The molecule has 2 rings (SSSR count). The highest BCUT2D eigenvalue weighted by atomic mass is 16.5. The molecule has 2 aromatic rings. The molecule has 0 spiro atoms. The van der Waals surface area contributed by atoms with Crippen LogP contribution in [0, 0.1) is 6.92 Å². The van der Waals surface area contributed by atoms with Crippen LogP contribution in [-0.4, -0.2) is 43.2 Å². The summed E-state index contributed by atoms with van der Waals surface area (Å²) in [6.07, 6.45) is -0.939. The first-order valence-electron chi connectivity index (χ1n) is 7.53. The number of methoxy groups -OCH3 is 1. The number of rotatable bonds is 7. The molecule has 1 aromatic carbocycles. The Bertz CT molecular complexity index is 696. The lowest BCUT2D eigenvalue weighted by molar-refractivity contribution is -0.129. The van der Waals surface area contributed by atoms with Gasteiger partial charge in [-0.3, -0.25) is 4.79 Å². The van der Waals surface area contributed by atoms with E-state index in [0.717, 1.165) is 5.56 Å². The van der Waals surface area contributed by atoms with Crippen molar-refractivity contribution in [2.75, 3.05) is 20.3 Å². The molecule has 1 atom stereocenters. The van der Waals surface area contributed by atoms with Crippen LogP contribution in [0.5, 0.6) is 0 Å². The molecule has 0 aliphatic carbocycles. The molecule has 0 fully saturated rings. The molecule has 7 nitrogen and oxygen atoms in total. The predicted molar refractivity (Wildman–Crippen MR) is 86.4 cm³/mol. The molecule has 1 aromatic heterocycles. The molecular formula is C17H20N2O5. The molecule has 0 aliphatic rings. The van der Waals surface area contributed by atoms with Crippen molar-refractivity contribution in [3.05, 3.63) is 41.8 Å². The Balaban J connectivity index is 2.02. The van der Waals surface area contributed by atoms with Gasteiger partial charge >= 0.3 is 5.97 Å². The molecule has 0 saturated carbocycles. The number of benzene rings is 1. The van der Waals surface area contributed by atoms with Gasteiger partial charge in [0.1, 0.15) is 5.76 Å². The number of carbonyl (C=O) groups is 2. The smallest absolute Gasteiger partial charge is 0.361 e. The van der Waals surface area contributed by atoms with E-state index in [-0.39, 0.29) is 5.69 Å². The third kappa shape index (κ3) is 4.42. The lowest BCUT2D eigenvalue weighted by atomic mass is 10.2.